The minimum absolute atomic E-state index is 0.269. The molecule has 2 aromatic carbocycles. The van der Waals surface area contributed by atoms with Gasteiger partial charge in [-0.1, -0.05) is 72.5 Å². The van der Waals surface area contributed by atoms with E-state index in [0.29, 0.717) is 21.3 Å². The molecule has 2 amide bonds. The first kappa shape index (κ1) is 21.0. The second-order valence-electron chi connectivity index (χ2n) is 7.89. The van der Waals surface area contributed by atoms with Crippen molar-refractivity contribution in [2.75, 3.05) is 11.9 Å². The Balaban J connectivity index is 1.75. The van der Waals surface area contributed by atoms with Gasteiger partial charge in [-0.3, -0.25) is 9.59 Å². The molecule has 0 N–H and O–H groups in total. The van der Waals surface area contributed by atoms with E-state index in [-0.39, 0.29) is 17.9 Å². The zero-order valence-corrected chi connectivity index (χ0v) is 18.8. The predicted octanol–water partition coefficient (Wildman–Crippen LogP) is 5.79. The number of carbonyl (C=O) groups excluding carboxylic acids is 2. The second-order valence-corrected chi connectivity index (χ2v) is 9.38. The molecule has 4 rings (SSSR count). The van der Waals surface area contributed by atoms with E-state index in [2.05, 4.69) is 0 Å². The highest BCUT2D eigenvalue weighted by Crippen LogP contribution is 2.41. The number of para-hydroxylation sites is 1. The van der Waals surface area contributed by atoms with Gasteiger partial charge in [0.25, 0.3) is 11.8 Å². The molecule has 4 nitrogen and oxygen atoms in total. The average molecular weight is 441 g/mol. The number of thioether (sulfide) groups is 1. The summed E-state index contributed by atoms with van der Waals surface area (Å²) in [6, 6.07) is 15.3. The number of imide groups is 1. The number of halogens is 1. The van der Waals surface area contributed by atoms with Gasteiger partial charge in [0.1, 0.15) is 10.6 Å². The number of rotatable bonds is 5. The van der Waals surface area contributed by atoms with E-state index in [4.69, 9.17) is 11.6 Å². The summed E-state index contributed by atoms with van der Waals surface area (Å²) in [5.41, 5.74) is 2.07. The summed E-state index contributed by atoms with van der Waals surface area (Å²) in [7, 11) is 1.95. The van der Waals surface area contributed by atoms with Gasteiger partial charge in [0.2, 0.25) is 0 Å². The Bertz CT molecular complexity index is 997. The molecular weight excluding hydrogens is 416 g/mol. The number of anilines is 1. The number of benzene rings is 2. The lowest BCUT2D eigenvalue weighted by Gasteiger charge is -2.33. The van der Waals surface area contributed by atoms with Crippen LogP contribution >= 0.6 is 23.4 Å². The Labute approximate surface area is 186 Å². The largest absolute Gasteiger partial charge is 0.366 e. The molecule has 1 saturated carbocycles. The fourth-order valence-corrected chi connectivity index (χ4v) is 5.36. The summed E-state index contributed by atoms with van der Waals surface area (Å²) in [6.07, 6.45) is 5.61. The van der Waals surface area contributed by atoms with Gasteiger partial charge < -0.3 is 4.90 Å². The summed E-state index contributed by atoms with van der Waals surface area (Å²) in [5, 5.41) is 0.389. The average Bonchev–Trinajstić information content (AvgIpc) is 3.00. The summed E-state index contributed by atoms with van der Waals surface area (Å²) in [4.78, 5) is 31.7. The van der Waals surface area contributed by atoms with Crippen molar-refractivity contribution in [2.45, 2.75) is 50.0 Å². The minimum atomic E-state index is -0.309. The van der Waals surface area contributed by atoms with Gasteiger partial charge in [-0.25, -0.2) is 4.90 Å². The van der Waals surface area contributed by atoms with Gasteiger partial charge in [-0.15, -0.1) is 0 Å². The lowest BCUT2D eigenvalue weighted by Crippen LogP contribution is -2.38. The number of carbonyl (C=O) groups is 2. The SMILES string of the molecule is Cc1ccc(SC2=C(N(C)C3CCCCC3)C(=O)N(c3ccccc3Cl)C2=O)cc1. The Kier molecular flexibility index (Phi) is 6.21. The standard InChI is InChI=1S/C24H25ClN2O2S/c1-16-12-14-18(15-13-16)30-22-21(26(2)17-8-4-3-5-9-17)23(28)27(24(22)29)20-11-7-6-10-19(20)25/h6-7,10-15,17H,3-5,8-9H2,1-2H3. The number of likely N-dealkylation sites (N-methyl/N-ethyl adjacent to an activating group) is 1. The molecular formula is C24H25ClN2O2S. The first-order valence-electron chi connectivity index (χ1n) is 10.3. The molecule has 2 aliphatic rings. The van der Waals surface area contributed by atoms with Crippen LogP contribution in [0.25, 0.3) is 0 Å². The van der Waals surface area contributed by atoms with E-state index >= 15 is 0 Å². The van der Waals surface area contributed by atoms with E-state index in [0.717, 1.165) is 36.1 Å². The van der Waals surface area contributed by atoms with Gasteiger partial charge in [-0.05, 0) is 44.0 Å². The van der Waals surface area contributed by atoms with Crippen LogP contribution in [0, 0.1) is 6.92 Å². The summed E-state index contributed by atoms with van der Waals surface area (Å²) in [5.74, 6) is -0.605. The Hall–Kier alpha value is -2.24. The third-order valence-corrected chi connectivity index (χ3v) is 7.23. The van der Waals surface area contributed by atoms with Gasteiger partial charge in [0, 0.05) is 18.0 Å². The van der Waals surface area contributed by atoms with Gasteiger partial charge in [-0.2, -0.15) is 0 Å². The van der Waals surface area contributed by atoms with E-state index in [9.17, 15) is 9.59 Å². The predicted molar refractivity (Wildman–Crippen MR) is 123 cm³/mol. The lowest BCUT2D eigenvalue weighted by molar-refractivity contribution is -0.121. The van der Waals surface area contributed by atoms with Crippen molar-refractivity contribution in [2.24, 2.45) is 0 Å². The van der Waals surface area contributed by atoms with Gasteiger partial charge >= 0.3 is 0 Å². The van der Waals surface area contributed by atoms with Crippen LogP contribution in [0.2, 0.25) is 5.02 Å². The first-order valence-corrected chi connectivity index (χ1v) is 11.5. The molecule has 0 aromatic heterocycles. The van der Waals surface area contributed by atoms with Crippen LogP contribution in [-0.2, 0) is 9.59 Å². The van der Waals surface area contributed by atoms with E-state index in [1.165, 1.54) is 23.1 Å². The van der Waals surface area contributed by atoms with Crippen LogP contribution in [0.5, 0.6) is 0 Å². The molecule has 0 spiro atoms. The van der Waals surface area contributed by atoms with Crippen molar-refractivity contribution in [3.63, 3.8) is 0 Å². The fraction of sp³-hybridized carbons (Fsp3) is 0.333. The van der Waals surface area contributed by atoms with E-state index < -0.39 is 0 Å². The quantitative estimate of drug-likeness (QED) is 0.551. The molecule has 0 bridgehead atoms. The van der Waals surface area contributed by atoms with Crippen LogP contribution in [0.1, 0.15) is 37.7 Å². The number of hydrogen-bond donors (Lipinski definition) is 0. The molecule has 0 saturated heterocycles. The van der Waals surface area contributed by atoms with E-state index in [1.807, 2.05) is 43.1 Å². The van der Waals surface area contributed by atoms with Crippen LogP contribution in [0.4, 0.5) is 5.69 Å². The normalized spacial score (nSPS) is 17.8. The highest BCUT2D eigenvalue weighted by molar-refractivity contribution is 8.04. The molecule has 156 valence electrons. The third-order valence-electron chi connectivity index (χ3n) is 5.83. The minimum Gasteiger partial charge on any atom is -0.366 e. The van der Waals surface area contributed by atoms with Crippen molar-refractivity contribution in [3.8, 4) is 0 Å². The van der Waals surface area contributed by atoms with Crippen LogP contribution in [0.15, 0.2) is 64.0 Å². The Morgan fingerprint density at radius 1 is 0.967 bits per heavy atom. The van der Waals surface area contributed by atoms with Crippen molar-refractivity contribution in [3.05, 3.63) is 69.7 Å². The lowest BCUT2D eigenvalue weighted by atomic mass is 9.94. The maximum absolute atomic E-state index is 13.5. The van der Waals surface area contributed by atoms with Crippen LogP contribution < -0.4 is 4.90 Å². The topological polar surface area (TPSA) is 40.6 Å². The van der Waals surface area contributed by atoms with E-state index in [1.54, 1.807) is 24.3 Å². The second kappa shape index (κ2) is 8.86. The molecule has 1 heterocycles. The molecule has 0 unspecified atom stereocenters. The maximum atomic E-state index is 13.5. The van der Waals surface area contributed by atoms with Crippen molar-refractivity contribution in [1.29, 1.82) is 0 Å². The summed E-state index contributed by atoms with van der Waals surface area (Å²) < 4.78 is 0. The molecule has 2 aromatic rings. The Morgan fingerprint density at radius 3 is 2.30 bits per heavy atom. The van der Waals surface area contributed by atoms with Gasteiger partial charge in [0.05, 0.1) is 10.7 Å². The summed E-state index contributed by atoms with van der Waals surface area (Å²) in [6.45, 7) is 2.03. The monoisotopic (exact) mass is 440 g/mol. The molecule has 1 fully saturated rings. The smallest absolute Gasteiger partial charge is 0.283 e. The number of nitrogens with zero attached hydrogens (tertiary/aromatic N) is 2. The number of aryl methyl sites for hydroxylation is 1. The molecule has 6 heteroatoms. The molecule has 0 radical (unpaired) electrons. The van der Waals surface area contributed by atoms with Crippen molar-refractivity contribution in [1.82, 2.24) is 4.90 Å². The van der Waals surface area contributed by atoms with Crippen molar-refractivity contribution < 1.29 is 9.59 Å². The number of amides is 2. The zero-order chi connectivity index (χ0) is 21.3. The highest BCUT2D eigenvalue weighted by Gasteiger charge is 2.43. The Morgan fingerprint density at radius 2 is 1.63 bits per heavy atom. The van der Waals surface area contributed by atoms with Crippen LogP contribution in [0.3, 0.4) is 0 Å². The highest BCUT2D eigenvalue weighted by atomic mass is 35.5. The molecule has 30 heavy (non-hydrogen) atoms. The fourth-order valence-electron chi connectivity index (χ4n) is 4.13. The number of hydrogen-bond acceptors (Lipinski definition) is 4. The van der Waals surface area contributed by atoms with Crippen LogP contribution in [-0.4, -0.2) is 29.8 Å². The third kappa shape index (κ3) is 4.01. The molecule has 0 atom stereocenters. The first-order chi connectivity index (χ1) is 14.5. The summed E-state index contributed by atoms with van der Waals surface area (Å²) >= 11 is 7.71. The van der Waals surface area contributed by atoms with Gasteiger partial charge in [0.15, 0.2) is 0 Å². The molecule has 1 aliphatic heterocycles. The zero-order valence-electron chi connectivity index (χ0n) is 17.2. The maximum Gasteiger partial charge on any atom is 0.283 e. The molecule has 1 aliphatic carbocycles. The van der Waals surface area contributed by atoms with Crippen molar-refractivity contribution >= 4 is 40.9 Å².